The Morgan fingerprint density at radius 2 is 1.82 bits per heavy atom. The van der Waals surface area contributed by atoms with Gasteiger partial charge in [-0.15, -0.1) is 10.2 Å². The summed E-state index contributed by atoms with van der Waals surface area (Å²) >= 11 is 0. The molecule has 1 aliphatic heterocycles. The quantitative estimate of drug-likeness (QED) is 0.756. The standard InChI is InChI=1S/C21H20N4O3/c1-12-9-10-13(2)19-17(12)18(22-14(3)26)21(27)25(19)11-16-23-24-20(28-16)15-7-5-4-6-8-15/h4-10,18H,11H2,1-3H3,(H,22,26). The van der Waals surface area contributed by atoms with Crippen molar-refractivity contribution in [2.45, 2.75) is 33.4 Å². The Morgan fingerprint density at radius 1 is 1.11 bits per heavy atom. The van der Waals surface area contributed by atoms with Gasteiger partial charge in [-0.25, -0.2) is 0 Å². The molecule has 3 aromatic rings. The molecule has 28 heavy (non-hydrogen) atoms. The molecule has 0 bridgehead atoms. The van der Waals surface area contributed by atoms with Gasteiger partial charge in [0.1, 0.15) is 12.6 Å². The second-order valence-corrected chi connectivity index (χ2v) is 6.89. The Hall–Kier alpha value is -3.48. The van der Waals surface area contributed by atoms with Gasteiger partial charge in [0.05, 0.1) is 5.69 Å². The average molecular weight is 376 g/mol. The summed E-state index contributed by atoms with van der Waals surface area (Å²) < 4.78 is 5.78. The fourth-order valence-electron chi connectivity index (χ4n) is 3.57. The lowest BCUT2D eigenvalue weighted by molar-refractivity contribution is -0.126. The molecule has 7 nitrogen and oxygen atoms in total. The van der Waals surface area contributed by atoms with E-state index in [1.165, 1.54) is 6.92 Å². The summed E-state index contributed by atoms with van der Waals surface area (Å²) in [6.07, 6.45) is 0. The molecule has 0 spiro atoms. The Balaban J connectivity index is 1.69. The van der Waals surface area contributed by atoms with Gasteiger partial charge in [-0.1, -0.05) is 30.3 Å². The van der Waals surface area contributed by atoms with Crippen LogP contribution in [0.15, 0.2) is 46.9 Å². The smallest absolute Gasteiger partial charge is 0.254 e. The maximum atomic E-state index is 13.1. The molecule has 0 saturated carbocycles. The van der Waals surface area contributed by atoms with Gasteiger partial charge in [0, 0.05) is 18.1 Å². The summed E-state index contributed by atoms with van der Waals surface area (Å²) in [6.45, 7) is 5.43. The SMILES string of the molecule is CC(=O)NC1C(=O)N(Cc2nnc(-c3ccccc3)o2)c2c(C)ccc(C)c21. The Morgan fingerprint density at radius 3 is 2.54 bits per heavy atom. The van der Waals surface area contributed by atoms with Crippen LogP contribution in [-0.2, 0) is 16.1 Å². The van der Waals surface area contributed by atoms with Crippen molar-refractivity contribution in [3.8, 4) is 11.5 Å². The van der Waals surface area contributed by atoms with Crippen molar-refractivity contribution in [1.29, 1.82) is 0 Å². The molecule has 2 amide bonds. The second-order valence-electron chi connectivity index (χ2n) is 6.89. The molecular formula is C21H20N4O3. The zero-order valence-electron chi connectivity index (χ0n) is 15.9. The number of aryl methyl sites for hydroxylation is 2. The lowest BCUT2D eigenvalue weighted by Crippen LogP contribution is -2.36. The van der Waals surface area contributed by atoms with Crippen LogP contribution in [0.2, 0.25) is 0 Å². The van der Waals surface area contributed by atoms with E-state index < -0.39 is 6.04 Å². The fourth-order valence-corrected chi connectivity index (χ4v) is 3.57. The summed E-state index contributed by atoms with van der Waals surface area (Å²) in [4.78, 5) is 26.4. The minimum atomic E-state index is -0.705. The van der Waals surface area contributed by atoms with Gasteiger partial charge < -0.3 is 14.6 Å². The monoisotopic (exact) mass is 376 g/mol. The average Bonchev–Trinajstić information content (AvgIpc) is 3.25. The minimum absolute atomic E-state index is 0.145. The highest BCUT2D eigenvalue weighted by Gasteiger charge is 2.40. The van der Waals surface area contributed by atoms with Crippen molar-refractivity contribution < 1.29 is 14.0 Å². The van der Waals surface area contributed by atoms with Crippen molar-refractivity contribution in [2.75, 3.05) is 4.90 Å². The van der Waals surface area contributed by atoms with Crippen molar-refractivity contribution in [1.82, 2.24) is 15.5 Å². The first-order valence-corrected chi connectivity index (χ1v) is 9.02. The number of carbonyl (C=O) groups excluding carboxylic acids is 2. The highest BCUT2D eigenvalue weighted by atomic mass is 16.4. The topological polar surface area (TPSA) is 88.3 Å². The molecule has 4 rings (SSSR count). The van der Waals surface area contributed by atoms with Crippen LogP contribution < -0.4 is 10.2 Å². The van der Waals surface area contributed by atoms with E-state index in [-0.39, 0.29) is 18.4 Å². The number of aromatic nitrogens is 2. The van der Waals surface area contributed by atoms with Crippen LogP contribution in [0.3, 0.4) is 0 Å². The number of hydrogen-bond acceptors (Lipinski definition) is 5. The van der Waals surface area contributed by atoms with Crippen LogP contribution in [0.5, 0.6) is 0 Å². The first-order valence-electron chi connectivity index (χ1n) is 9.02. The zero-order chi connectivity index (χ0) is 19.8. The molecule has 1 unspecified atom stereocenters. The number of benzene rings is 2. The number of amides is 2. The lowest BCUT2D eigenvalue weighted by Gasteiger charge is -2.17. The molecule has 1 aromatic heterocycles. The third-order valence-electron chi connectivity index (χ3n) is 4.84. The van der Waals surface area contributed by atoms with Gasteiger partial charge in [-0.05, 0) is 37.1 Å². The molecule has 2 heterocycles. The van der Waals surface area contributed by atoms with Crippen LogP contribution >= 0.6 is 0 Å². The van der Waals surface area contributed by atoms with Gasteiger partial charge >= 0.3 is 0 Å². The Kier molecular flexibility index (Phi) is 4.43. The molecule has 1 atom stereocenters. The van der Waals surface area contributed by atoms with Gasteiger partial charge in [0.25, 0.3) is 5.91 Å². The normalized spacial score (nSPS) is 15.6. The summed E-state index contributed by atoms with van der Waals surface area (Å²) in [7, 11) is 0. The summed E-state index contributed by atoms with van der Waals surface area (Å²) in [6, 6.07) is 12.7. The highest BCUT2D eigenvalue weighted by Crippen LogP contribution is 2.41. The number of nitrogens with zero attached hydrogens (tertiary/aromatic N) is 3. The van der Waals surface area contributed by atoms with Crippen LogP contribution in [0, 0.1) is 13.8 Å². The molecular weight excluding hydrogens is 356 g/mol. The van der Waals surface area contributed by atoms with E-state index in [0.29, 0.717) is 11.8 Å². The van der Waals surface area contributed by atoms with Crippen LogP contribution in [-0.4, -0.2) is 22.0 Å². The second kappa shape index (κ2) is 6.92. The first-order chi connectivity index (χ1) is 13.5. The molecule has 1 N–H and O–H groups in total. The Labute approximate surface area is 162 Å². The maximum Gasteiger partial charge on any atom is 0.254 e. The van der Waals surface area contributed by atoms with Gasteiger partial charge in [0.2, 0.25) is 17.7 Å². The van der Waals surface area contributed by atoms with Crippen molar-refractivity contribution >= 4 is 17.5 Å². The van der Waals surface area contributed by atoms with E-state index in [0.717, 1.165) is 27.9 Å². The van der Waals surface area contributed by atoms with Gasteiger partial charge in [-0.3, -0.25) is 9.59 Å². The number of hydrogen-bond donors (Lipinski definition) is 1. The lowest BCUT2D eigenvalue weighted by atomic mass is 9.99. The number of rotatable bonds is 4. The molecule has 142 valence electrons. The van der Waals surface area contributed by atoms with E-state index in [4.69, 9.17) is 4.42 Å². The van der Waals surface area contributed by atoms with Crippen LogP contribution in [0.4, 0.5) is 5.69 Å². The molecule has 2 aromatic carbocycles. The first kappa shape index (κ1) is 17.9. The molecule has 0 radical (unpaired) electrons. The van der Waals surface area contributed by atoms with Gasteiger partial charge in [-0.2, -0.15) is 0 Å². The maximum absolute atomic E-state index is 13.1. The third kappa shape index (κ3) is 3.05. The number of fused-ring (bicyclic) bond motifs is 1. The van der Waals surface area contributed by atoms with Crippen molar-refractivity contribution in [3.05, 3.63) is 65.0 Å². The number of nitrogens with one attached hydrogen (secondary N) is 1. The largest absolute Gasteiger partial charge is 0.419 e. The van der Waals surface area contributed by atoms with E-state index >= 15 is 0 Å². The highest BCUT2D eigenvalue weighted by molar-refractivity contribution is 6.07. The Bertz CT molecular complexity index is 1060. The minimum Gasteiger partial charge on any atom is -0.419 e. The summed E-state index contributed by atoms with van der Waals surface area (Å²) in [5.41, 5.74) is 4.33. The summed E-state index contributed by atoms with van der Waals surface area (Å²) in [5, 5.41) is 11.0. The van der Waals surface area contributed by atoms with Gasteiger partial charge in [0.15, 0.2) is 0 Å². The number of anilines is 1. The molecule has 0 aliphatic carbocycles. The molecule has 7 heteroatoms. The molecule has 0 saturated heterocycles. The molecule has 1 aliphatic rings. The predicted molar refractivity (Wildman–Crippen MR) is 103 cm³/mol. The van der Waals surface area contributed by atoms with Crippen molar-refractivity contribution in [3.63, 3.8) is 0 Å². The fraction of sp³-hybridized carbons (Fsp3) is 0.238. The van der Waals surface area contributed by atoms with E-state index in [1.54, 1.807) is 4.90 Å². The summed E-state index contributed by atoms with van der Waals surface area (Å²) in [5.74, 6) is 0.280. The van der Waals surface area contributed by atoms with E-state index in [1.807, 2.05) is 56.3 Å². The van der Waals surface area contributed by atoms with Crippen molar-refractivity contribution in [2.24, 2.45) is 0 Å². The van der Waals surface area contributed by atoms with E-state index in [2.05, 4.69) is 15.5 Å². The molecule has 0 fully saturated rings. The van der Waals surface area contributed by atoms with Crippen LogP contribution in [0.25, 0.3) is 11.5 Å². The predicted octanol–water partition coefficient (Wildman–Crippen LogP) is 3.08. The number of carbonyl (C=O) groups is 2. The van der Waals surface area contributed by atoms with Crippen LogP contribution in [0.1, 0.15) is 35.5 Å². The zero-order valence-corrected chi connectivity index (χ0v) is 15.9. The third-order valence-corrected chi connectivity index (χ3v) is 4.84. The van der Waals surface area contributed by atoms with E-state index in [9.17, 15) is 9.59 Å².